The summed E-state index contributed by atoms with van der Waals surface area (Å²) in [6.45, 7) is 4.13. The van der Waals surface area contributed by atoms with Crippen LogP contribution in [-0.2, 0) is 9.59 Å². The van der Waals surface area contributed by atoms with E-state index in [1.54, 1.807) is 0 Å². The molecule has 0 spiro atoms. The molecule has 0 aromatic rings. The Bertz CT molecular complexity index is 237. The largest absolute Gasteiger partial charge is 0.480 e. The first-order chi connectivity index (χ1) is 7.11. The van der Waals surface area contributed by atoms with E-state index in [0.717, 1.165) is 19.0 Å². The zero-order valence-electron chi connectivity index (χ0n) is 9.03. The number of hydrogen-bond donors (Lipinski definition) is 2. The van der Waals surface area contributed by atoms with E-state index in [1.165, 1.54) is 12.8 Å². The predicted octanol–water partition coefficient (Wildman–Crippen LogP) is -0.0809. The van der Waals surface area contributed by atoms with Crippen LogP contribution in [0, 0.1) is 5.92 Å². The van der Waals surface area contributed by atoms with Crippen molar-refractivity contribution in [2.24, 2.45) is 5.92 Å². The van der Waals surface area contributed by atoms with Gasteiger partial charge in [-0.1, -0.05) is 13.3 Å². The number of carboxylic acids is 1. The van der Waals surface area contributed by atoms with Crippen LogP contribution in [0.4, 0.5) is 0 Å². The number of nitrogens with zero attached hydrogens (tertiary/aromatic N) is 1. The molecule has 1 fully saturated rings. The number of likely N-dealkylation sites (tertiary alicyclic amines) is 1. The SMILES string of the molecule is CCCC1CN(CC(=O)NCC(=O)O)C1. The fraction of sp³-hybridized carbons (Fsp3) is 0.800. The molecule has 0 saturated carbocycles. The number of amides is 1. The monoisotopic (exact) mass is 214 g/mol. The van der Waals surface area contributed by atoms with Gasteiger partial charge in [0.15, 0.2) is 0 Å². The molecule has 1 amide bonds. The molecule has 1 rings (SSSR count). The van der Waals surface area contributed by atoms with Crippen LogP contribution in [0.15, 0.2) is 0 Å². The van der Waals surface area contributed by atoms with Gasteiger partial charge in [-0.15, -0.1) is 0 Å². The molecule has 1 heterocycles. The molecule has 1 aliphatic heterocycles. The van der Waals surface area contributed by atoms with Crippen LogP contribution in [0.1, 0.15) is 19.8 Å². The third-order valence-electron chi connectivity index (χ3n) is 2.53. The highest BCUT2D eigenvalue weighted by atomic mass is 16.4. The average molecular weight is 214 g/mol. The van der Waals surface area contributed by atoms with Crippen LogP contribution in [0.2, 0.25) is 0 Å². The first-order valence-corrected chi connectivity index (χ1v) is 5.32. The van der Waals surface area contributed by atoms with Crippen molar-refractivity contribution < 1.29 is 14.7 Å². The highest BCUT2D eigenvalue weighted by Crippen LogP contribution is 2.19. The van der Waals surface area contributed by atoms with E-state index < -0.39 is 5.97 Å². The summed E-state index contributed by atoms with van der Waals surface area (Å²) in [6.07, 6.45) is 2.40. The molecule has 0 aromatic heterocycles. The van der Waals surface area contributed by atoms with Crippen molar-refractivity contribution in [1.82, 2.24) is 10.2 Å². The van der Waals surface area contributed by atoms with E-state index in [9.17, 15) is 9.59 Å². The Morgan fingerprint density at radius 3 is 2.67 bits per heavy atom. The second-order valence-electron chi connectivity index (χ2n) is 4.02. The van der Waals surface area contributed by atoms with Gasteiger partial charge in [-0.3, -0.25) is 14.5 Å². The number of nitrogens with one attached hydrogen (secondary N) is 1. The van der Waals surface area contributed by atoms with E-state index in [4.69, 9.17) is 5.11 Å². The number of rotatable bonds is 6. The Morgan fingerprint density at radius 2 is 2.13 bits per heavy atom. The smallest absolute Gasteiger partial charge is 0.322 e. The van der Waals surface area contributed by atoms with Gasteiger partial charge in [0.2, 0.25) is 5.91 Å². The maximum absolute atomic E-state index is 11.2. The van der Waals surface area contributed by atoms with Crippen LogP contribution in [0.25, 0.3) is 0 Å². The van der Waals surface area contributed by atoms with Crippen molar-refractivity contribution in [3.8, 4) is 0 Å². The van der Waals surface area contributed by atoms with Crippen molar-refractivity contribution in [3.05, 3.63) is 0 Å². The molecule has 0 aromatic carbocycles. The summed E-state index contributed by atoms with van der Waals surface area (Å²) in [5, 5.41) is 10.7. The third-order valence-corrected chi connectivity index (χ3v) is 2.53. The molecule has 0 radical (unpaired) electrons. The van der Waals surface area contributed by atoms with Gasteiger partial charge in [0.1, 0.15) is 6.54 Å². The van der Waals surface area contributed by atoms with Gasteiger partial charge < -0.3 is 10.4 Å². The summed E-state index contributed by atoms with van der Waals surface area (Å²) < 4.78 is 0. The maximum Gasteiger partial charge on any atom is 0.322 e. The lowest BCUT2D eigenvalue weighted by molar-refractivity contribution is -0.138. The van der Waals surface area contributed by atoms with Crippen molar-refractivity contribution in [3.63, 3.8) is 0 Å². The third kappa shape index (κ3) is 4.29. The number of aliphatic carboxylic acids is 1. The normalized spacial score (nSPS) is 17.1. The Balaban J connectivity index is 2.06. The lowest BCUT2D eigenvalue weighted by atomic mass is 9.95. The first-order valence-electron chi connectivity index (χ1n) is 5.32. The van der Waals surface area contributed by atoms with E-state index in [1.807, 2.05) is 4.90 Å². The van der Waals surface area contributed by atoms with Gasteiger partial charge in [-0.25, -0.2) is 0 Å². The minimum atomic E-state index is -1.00. The topological polar surface area (TPSA) is 69.6 Å². The van der Waals surface area contributed by atoms with Gasteiger partial charge in [0.05, 0.1) is 6.54 Å². The van der Waals surface area contributed by atoms with E-state index >= 15 is 0 Å². The quantitative estimate of drug-likeness (QED) is 0.649. The fourth-order valence-corrected chi connectivity index (χ4v) is 1.83. The maximum atomic E-state index is 11.2. The molecule has 0 bridgehead atoms. The molecule has 1 aliphatic rings. The van der Waals surface area contributed by atoms with Crippen LogP contribution < -0.4 is 5.32 Å². The molecular formula is C10H18N2O3. The van der Waals surface area contributed by atoms with Gasteiger partial charge in [-0.05, 0) is 12.3 Å². The zero-order valence-corrected chi connectivity index (χ0v) is 9.03. The average Bonchev–Trinajstić information content (AvgIpc) is 2.11. The number of carbonyl (C=O) groups is 2. The summed E-state index contributed by atoms with van der Waals surface area (Å²) in [5.41, 5.74) is 0. The van der Waals surface area contributed by atoms with Crippen LogP contribution in [0.3, 0.4) is 0 Å². The number of carbonyl (C=O) groups excluding carboxylic acids is 1. The van der Waals surface area contributed by atoms with Crippen molar-refractivity contribution in [2.75, 3.05) is 26.2 Å². The van der Waals surface area contributed by atoms with Crippen molar-refractivity contribution >= 4 is 11.9 Å². The summed E-state index contributed by atoms with van der Waals surface area (Å²) in [4.78, 5) is 23.4. The summed E-state index contributed by atoms with van der Waals surface area (Å²) in [6, 6.07) is 0. The van der Waals surface area contributed by atoms with Crippen LogP contribution in [0.5, 0.6) is 0 Å². The van der Waals surface area contributed by atoms with Crippen molar-refractivity contribution in [2.45, 2.75) is 19.8 Å². The number of hydrogen-bond acceptors (Lipinski definition) is 3. The first kappa shape index (κ1) is 12.0. The van der Waals surface area contributed by atoms with E-state index in [2.05, 4.69) is 12.2 Å². The van der Waals surface area contributed by atoms with Gasteiger partial charge in [-0.2, -0.15) is 0 Å². The molecule has 86 valence electrons. The van der Waals surface area contributed by atoms with Gasteiger partial charge >= 0.3 is 5.97 Å². The molecular weight excluding hydrogens is 196 g/mol. The minimum absolute atomic E-state index is 0.202. The summed E-state index contributed by atoms with van der Waals surface area (Å²) in [5.74, 6) is -0.481. The fourth-order valence-electron chi connectivity index (χ4n) is 1.83. The van der Waals surface area contributed by atoms with Crippen LogP contribution in [-0.4, -0.2) is 48.1 Å². The Labute approximate surface area is 89.4 Å². The van der Waals surface area contributed by atoms with E-state index in [-0.39, 0.29) is 12.5 Å². The lowest BCUT2D eigenvalue weighted by Gasteiger charge is -2.38. The second kappa shape index (κ2) is 5.70. The number of carboxylic acid groups (broad SMARTS) is 1. The lowest BCUT2D eigenvalue weighted by Crippen LogP contribution is -2.51. The molecule has 0 aliphatic carbocycles. The Hall–Kier alpha value is -1.10. The molecule has 5 nitrogen and oxygen atoms in total. The molecule has 0 unspecified atom stereocenters. The van der Waals surface area contributed by atoms with Crippen molar-refractivity contribution in [1.29, 1.82) is 0 Å². The molecule has 5 heteroatoms. The molecule has 1 saturated heterocycles. The van der Waals surface area contributed by atoms with Crippen LogP contribution >= 0.6 is 0 Å². The summed E-state index contributed by atoms with van der Waals surface area (Å²) >= 11 is 0. The Morgan fingerprint density at radius 1 is 1.47 bits per heavy atom. The highest BCUT2D eigenvalue weighted by molar-refractivity contribution is 5.82. The zero-order chi connectivity index (χ0) is 11.3. The molecule has 15 heavy (non-hydrogen) atoms. The molecule has 0 atom stereocenters. The second-order valence-corrected chi connectivity index (χ2v) is 4.02. The minimum Gasteiger partial charge on any atom is -0.480 e. The standard InChI is InChI=1S/C10H18N2O3/c1-2-3-8-5-12(6-8)7-9(13)11-4-10(14)15/h8H,2-7H2,1H3,(H,11,13)(H,14,15). The van der Waals surface area contributed by atoms with E-state index in [0.29, 0.717) is 6.54 Å². The molecule has 2 N–H and O–H groups in total. The van der Waals surface area contributed by atoms with Gasteiger partial charge in [0.25, 0.3) is 0 Å². The van der Waals surface area contributed by atoms with Gasteiger partial charge in [0, 0.05) is 13.1 Å². The highest BCUT2D eigenvalue weighted by Gasteiger charge is 2.26. The Kier molecular flexibility index (Phi) is 4.55. The summed E-state index contributed by atoms with van der Waals surface area (Å²) in [7, 11) is 0. The predicted molar refractivity (Wildman–Crippen MR) is 55.5 cm³/mol.